The number of pyridine rings is 5. The zero-order valence-electron chi connectivity index (χ0n) is 51.5. The zero-order chi connectivity index (χ0) is 69.5. The predicted molar refractivity (Wildman–Crippen MR) is 365 cm³/mol. The number of nitriles is 1. The molecule has 0 aliphatic carbocycles. The number of alkyl halides is 3. The number of rotatable bonds is 10. The van der Waals surface area contributed by atoms with Gasteiger partial charge >= 0.3 is 6.18 Å². The third-order valence-electron chi connectivity index (χ3n) is 13.7. The van der Waals surface area contributed by atoms with Gasteiger partial charge in [0.25, 0.3) is 0 Å². The second kappa shape index (κ2) is 31.3. The number of nitrogens with zero attached hydrogens (tertiary/aromatic N) is 26. The van der Waals surface area contributed by atoms with Crippen molar-refractivity contribution in [3.05, 3.63) is 254 Å². The molecular formula is C65H43Cl3F3IN26O2. The fraction of sp³-hybridized carbons (Fsp3) is 0.0615. The zero-order valence-corrected chi connectivity index (χ0v) is 55.9. The maximum Gasteiger partial charge on any atom is 0.416 e. The van der Waals surface area contributed by atoms with Gasteiger partial charge in [-0.2, -0.15) is 18.4 Å². The van der Waals surface area contributed by atoms with E-state index in [0.717, 1.165) is 57.1 Å². The van der Waals surface area contributed by atoms with E-state index >= 15 is 0 Å². The molecule has 100 heavy (non-hydrogen) atoms. The number of hydrogen-bond acceptors (Lipinski definition) is 23. The van der Waals surface area contributed by atoms with Gasteiger partial charge in [0.1, 0.15) is 40.2 Å². The van der Waals surface area contributed by atoms with Crippen molar-refractivity contribution in [3.63, 3.8) is 0 Å². The quantitative estimate of drug-likeness (QED) is 0.115. The molecule has 15 aromatic rings. The molecule has 0 N–H and O–H groups in total. The van der Waals surface area contributed by atoms with E-state index in [1.165, 1.54) is 28.3 Å². The Morgan fingerprint density at radius 1 is 0.410 bits per heavy atom. The van der Waals surface area contributed by atoms with E-state index in [2.05, 4.69) is 131 Å². The van der Waals surface area contributed by atoms with Crippen molar-refractivity contribution in [1.29, 1.82) is 5.26 Å². The smallest absolute Gasteiger partial charge is 0.416 e. The van der Waals surface area contributed by atoms with Gasteiger partial charge in [-0.3, -0.25) is 24.9 Å². The van der Waals surface area contributed by atoms with Gasteiger partial charge in [-0.25, -0.2) is 0 Å². The Balaban J connectivity index is 0.000000119. The van der Waals surface area contributed by atoms with Crippen molar-refractivity contribution in [3.8, 4) is 104 Å². The monoisotopic (exact) mass is 1510 g/mol. The van der Waals surface area contributed by atoms with E-state index in [1.54, 1.807) is 73.4 Å². The average molecular weight is 1510 g/mol. The molecule has 0 atom stereocenters. The highest BCUT2D eigenvalue weighted by Gasteiger charge is 2.31. The van der Waals surface area contributed by atoms with Crippen LogP contribution in [-0.4, -0.2) is 133 Å². The molecule has 11 heterocycles. The summed E-state index contributed by atoms with van der Waals surface area (Å²) < 4.78 is 50.1. The third-order valence-corrected chi connectivity index (χ3v) is 15.9. The van der Waals surface area contributed by atoms with Crippen LogP contribution in [0.4, 0.5) is 13.2 Å². The van der Waals surface area contributed by atoms with Gasteiger partial charge in [0.2, 0.25) is 35.9 Å². The number of tetrazole rings is 5. The molecule has 0 radical (unpaired) electrons. The number of aryl methyl sites for hydroxylation is 2. The molecule has 1 aliphatic rings. The van der Waals surface area contributed by atoms with Crippen LogP contribution in [0.15, 0.2) is 213 Å². The van der Waals surface area contributed by atoms with Crippen molar-refractivity contribution >= 4 is 57.4 Å². The number of aromatic nitrogens is 25. The first-order valence-electron chi connectivity index (χ1n) is 29.2. The molecule has 0 bridgehead atoms. The van der Waals surface area contributed by atoms with Gasteiger partial charge in [0.05, 0.1) is 43.9 Å². The SMILES string of the molecule is Cc1cc(-n2nnc(-c3ccccn3)n2)ccc1Cl.Cc1ccc(-n2nnc(-c3ccccn3)n2)cc1I.FC(F)(F)c1ccc(Cl)c(-n2nnc(-c3ccccn3)n2)c1.N#Cc1ccc(-n2nnc(-c3ccccn3)n2)cc1Cl.c1ccc(-c2nnn(-c3ccc4c(c3)OCO4)n2)nc1. The third kappa shape index (κ3) is 16.7. The molecule has 1 aliphatic heterocycles. The van der Waals surface area contributed by atoms with E-state index in [0.29, 0.717) is 73.1 Å². The maximum absolute atomic E-state index is 12.8. The van der Waals surface area contributed by atoms with Gasteiger partial charge < -0.3 is 9.47 Å². The molecule has 0 saturated heterocycles. The fourth-order valence-corrected chi connectivity index (χ4v) is 9.66. The number of benzene rings is 5. The summed E-state index contributed by atoms with van der Waals surface area (Å²) in [5.41, 5.74) is 8.03. The molecule has 5 aromatic carbocycles. The lowest BCUT2D eigenvalue weighted by molar-refractivity contribution is -0.137. The maximum atomic E-state index is 12.8. The summed E-state index contributed by atoms with van der Waals surface area (Å²) in [6.07, 6.45) is 3.83. The second-order valence-corrected chi connectivity index (χ2v) is 22.8. The van der Waals surface area contributed by atoms with Gasteiger partial charge in [-0.1, -0.05) is 71.2 Å². The number of hydrogen-bond donors (Lipinski definition) is 0. The lowest BCUT2D eigenvalue weighted by Gasteiger charge is -2.09. The van der Waals surface area contributed by atoms with Gasteiger partial charge in [-0.15, -0.1) is 75.0 Å². The van der Waals surface area contributed by atoms with Crippen molar-refractivity contribution in [2.24, 2.45) is 0 Å². The summed E-state index contributed by atoms with van der Waals surface area (Å²) in [5.74, 6) is 3.51. The highest BCUT2D eigenvalue weighted by Crippen LogP contribution is 2.35. The minimum atomic E-state index is -4.48. The summed E-state index contributed by atoms with van der Waals surface area (Å²) in [5, 5.41) is 70.8. The van der Waals surface area contributed by atoms with Gasteiger partial charge in [-0.05, 0) is 213 Å². The number of ether oxygens (including phenoxy) is 2. The van der Waals surface area contributed by atoms with Crippen LogP contribution in [0.3, 0.4) is 0 Å². The van der Waals surface area contributed by atoms with E-state index in [-0.39, 0.29) is 23.3 Å². The summed E-state index contributed by atoms with van der Waals surface area (Å²) in [4.78, 5) is 27.5. The van der Waals surface area contributed by atoms with E-state index in [1.807, 2.05) is 134 Å². The topological polar surface area (TPSA) is 325 Å². The van der Waals surface area contributed by atoms with Crippen LogP contribution in [0.2, 0.25) is 15.1 Å². The molecule has 10 aromatic heterocycles. The Labute approximate surface area is 591 Å². The van der Waals surface area contributed by atoms with Gasteiger partial charge in [0.15, 0.2) is 11.5 Å². The van der Waals surface area contributed by atoms with Crippen molar-refractivity contribution in [2.75, 3.05) is 6.79 Å². The summed E-state index contributed by atoms with van der Waals surface area (Å²) >= 11 is 20.2. The molecule has 16 rings (SSSR count). The molecule has 494 valence electrons. The van der Waals surface area contributed by atoms with Crippen LogP contribution in [0, 0.1) is 28.7 Å². The van der Waals surface area contributed by atoms with Crippen LogP contribution in [-0.2, 0) is 6.18 Å². The molecule has 0 unspecified atom stereocenters. The summed E-state index contributed by atoms with van der Waals surface area (Å²) in [6, 6.07) is 54.2. The standard InChI is InChI=1S/C13H7ClF3N5.C13H7ClN6.C13H10ClN5.C13H10IN5.C13H9N5O2/c14-9-5-4-8(13(15,16)17)7-11(9)22-20-12(19-21-22)10-3-1-2-6-18-10;14-11-7-10(5-4-9(11)8-15)20-18-13(17-19-20)12-3-1-2-6-16-12;1-9-8-10(5-6-11(9)14)19-17-13(16-18-19)12-4-2-3-7-15-12;1-9-5-6-10(8-11(9)14)19-17-13(16-18-19)12-4-2-3-7-15-12;1-2-6-14-10(3-1)13-15-17-18(16-13)9-4-5-11-12(7-9)20-8-19-11/h1-7H;1-7H;2*2-8H,1H3;1-7H,8H2. The largest absolute Gasteiger partial charge is 0.454 e. The second-order valence-electron chi connectivity index (χ2n) is 20.4. The molecule has 0 spiro atoms. The average Bonchev–Trinajstić information content (AvgIpc) is 1.53. The predicted octanol–water partition coefficient (Wildman–Crippen LogP) is 12.4. The van der Waals surface area contributed by atoms with Crippen LogP contribution >= 0.6 is 57.4 Å². The first kappa shape index (κ1) is 67.7. The van der Waals surface area contributed by atoms with Crippen LogP contribution in [0.5, 0.6) is 11.5 Å². The summed E-state index contributed by atoms with van der Waals surface area (Å²) in [6.45, 7) is 4.24. The Bertz CT molecular complexity index is 5090. The first-order valence-corrected chi connectivity index (χ1v) is 31.4. The van der Waals surface area contributed by atoms with E-state index in [9.17, 15) is 13.2 Å². The molecular weight excluding hydrogens is 1470 g/mol. The van der Waals surface area contributed by atoms with E-state index < -0.39 is 11.7 Å². The Morgan fingerprint density at radius 3 is 1.22 bits per heavy atom. The van der Waals surface area contributed by atoms with Gasteiger partial charge in [0, 0.05) is 45.6 Å². The van der Waals surface area contributed by atoms with Crippen LogP contribution in [0.1, 0.15) is 22.3 Å². The highest BCUT2D eigenvalue weighted by molar-refractivity contribution is 14.1. The minimum absolute atomic E-state index is 0.00817. The van der Waals surface area contributed by atoms with Crippen molar-refractivity contribution in [2.45, 2.75) is 20.0 Å². The lowest BCUT2D eigenvalue weighted by atomic mass is 10.2. The Morgan fingerprint density at radius 2 is 0.800 bits per heavy atom. The van der Waals surface area contributed by atoms with E-state index in [4.69, 9.17) is 49.5 Å². The van der Waals surface area contributed by atoms with Crippen molar-refractivity contribution in [1.82, 2.24) is 126 Å². The summed E-state index contributed by atoms with van der Waals surface area (Å²) in [7, 11) is 0. The van der Waals surface area contributed by atoms with Crippen LogP contribution in [0.25, 0.3) is 86.0 Å². The molecule has 35 heteroatoms. The first-order chi connectivity index (χ1) is 48.6. The molecule has 0 saturated carbocycles. The number of halogens is 7. The normalized spacial score (nSPS) is 11.2. The minimum Gasteiger partial charge on any atom is -0.454 e. The lowest BCUT2D eigenvalue weighted by Crippen LogP contribution is -2.08. The van der Waals surface area contributed by atoms with Crippen LogP contribution < -0.4 is 9.47 Å². The fourth-order valence-electron chi connectivity index (χ4n) is 8.63. The highest BCUT2D eigenvalue weighted by atomic mass is 127. The Hall–Kier alpha value is -12.3. The van der Waals surface area contributed by atoms with Crippen molar-refractivity contribution < 1.29 is 22.6 Å². The molecule has 28 nitrogen and oxygen atoms in total. The molecule has 0 amide bonds. The Kier molecular flexibility index (Phi) is 21.1. The molecule has 0 fully saturated rings. The number of fused-ring (bicyclic) bond motifs is 1.